The standard InChI is InChI=1S/C24H27N3O7/c1-15(2)16-5-9-18(10-6-16)26-21(28)13-20(24(26)30)25(14-22(33-3)34-4)23(29)17-7-11-19(12-8-17)27(31)32/h5-12,15,20,22H,13-14H2,1-4H3. The van der Waals surface area contributed by atoms with Crippen molar-refractivity contribution in [2.24, 2.45) is 0 Å². The van der Waals surface area contributed by atoms with Crippen molar-refractivity contribution >= 4 is 29.1 Å². The summed E-state index contributed by atoms with van der Waals surface area (Å²) in [6.45, 7) is 3.97. The second-order valence-corrected chi connectivity index (χ2v) is 8.20. The molecule has 3 amide bonds. The molecule has 0 bridgehead atoms. The molecular weight excluding hydrogens is 442 g/mol. The number of nitro groups is 1. The molecular formula is C24H27N3O7. The SMILES string of the molecule is COC(CN(C(=O)c1ccc([N+](=O)[O-])cc1)C1CC(=O)N(c2ccc(C(C)C)cc2)C1=O)OC. The number of benzene rings is 2. The number of carbonyl (C=O) groups is 3. The van der Waals surface area contributed by atoms with Crippen LogP contribution >= 0.6 is 0 Å². The number of methoxy groups -OCH3 is 2. The van der Waals surface area contributed by atoms with E-state index in [0.717, 1.165) is 10.5 Å². The summed E-state index contributed by atoms with van der Waals surface area (Å²) >= 11 is 0. The van der Waals surface area contributed by atoms with Crippen molar-refractivity contribution in [1.29, 1.82) is 0 Å². The number of ether oxygens (including phenoxy) is 2. The lowest BCUT2D eigenvalue weighted by atomic mass is 10.0. The van der Waals surface area contributed by atoms with E-state index >= 15 is 0 Å². The number of imide groups is 1. The molecule has 0 N–H and O–H groups in total. The van der Waals surface area contributed by atoms with Gasteiger partial charge in [-0.15, -0.1) is 0 Å². The van der Waals surface area contributed by atoms with Gasteiger partial charge >= 0.3 is 0 Å². The number of carbonyl (C=O) groups excluding carboxylic acids is 3. The molecule has 0 aromatic heterocycles. The average molecular weight is 469 g/mol. The Balaban J connectivity index is 1.92. The molecule has 10 heteroatoms. The first-order valence-electron chi connectivity index (χ1n) is 10.8. The topological polar surface area (TPSA) is 119 Å². The number of amides is 3. The number of nitrogens with zero attached hydrogens (tertiary/aromatic N) is 3. The summed E-state index contributed by atoms with van der Waals surface area (Å²) in [4.78, 5) is 52.2. The monoisotopic (exact) mass is 469 g/mol. The van der Waals surface area contributed by atoms with Crippen molar-refractivity contribution in [3.8, 4) is 0 Å². The second kappa shape index (κ2) is 10.5. The van der Waals surface area contributed by atoms with Gasteiger partial charge in [0.25, 0.3) is 17.5 Å². The van der Waals surface area contributed by atoms with Crippen LogP contribution in [0.25, 0.3) is 0 Å². The molecule has 3 rings (SSSR count). The predicted octanol–water partition coefficient (Wildman–Crippen LogP) is 3.11. The number of rotatable bonds is 9. The molecule has 0 radical (unpaired) electrons. The van der Waals surface area contributed by atoms with E-state index in [9.17, 15) is 24.5 Å². The van der Waals surface area contributed by atoms with Crippen molar-refractivity contribution in [3.05, 3.63) is 69.8 Å². The zero-order valence-corrected chi connectivity index (χ0v) is 19.5. The van der Waals surface area contributed by atoms with E-state index in [-0.39, 0.29) is 24.2 Å². The summed E-state index contributed by atoms with van der Waals surface area (Å²) in [6.07, 6.45) is -1.05. The van der Waals surface area contributed by atoms with E-state index in [4.69, 9.17) is 9.47 Å². The first-order valence-corrected chi connectivity index (χ1v) is 10.8. The maximum Gasteiger partial charge on any atom is 0.269 e. The Kier molecular flexibility index (Phi) is 7.75. The minimum Gasteiger partial charge on any atom is -0.354 e. The van der Waals surface area contributed by atoms with Gasteiger partial charge in [0.2, 0.25) is 5.91 Å². The van der Waals surface area contributed by atoms with Gasteiger partial charge in [0.1, 0.15) is 6.04 Å². The number of anilines is 1. The Morgan fingerprint density at radius 3 is 2.18 bits per heavy atom. The lowest BCUT2D eigenvalue weighted by Gasteiger charge is -2.30. The molecule has 1 aliphatic rings. The van der Waals surface area contributed by atoms with Crippen LogP contribution < -0.4 is 4.90 Å². The molecule has 0 spiro atoms. The van der Waals surface area contributed by atoms with Crippen LogP contribution in [0.3, 0.4) is 0 Å². The highest BCUT2D eigenvalue weighted by molar-refractivity contribution is 6.23. The molecule has 180 valence electrons. The van der Waals surface area contributed by atoms with Crippen LogP contribution in [0.2, 0.25) is 0 Å². The molecule has 0 saturated carbocycles. The van der Waals surface area contributed by atoms with E-state index < -0.39 is 35.0 Å². The number of non-ortho nitro benzene ring substituents is 1. The minimum absolute atomic E-state index is 0.118. The molecule has 1 unspecified atom stereocenters. The summed E-state index contributed by atoms with van der Waals surface area (Å²) in [5.74, 6) is -1.25. The Labute approximate surface area is 197 Å². The van der Waals surface area contributed by atoms with E-state index in [1.54, 1.807) is 12.1 Å². The number of nitro benzene ring substituents is 1. The normalized spacial score (nSPS) is 15.9. The molecule has 1 atom stereocenters. The smallest absolute Gasteiger partial charge is 0.269 e. The molecule has 34 heavy (non-hydrogen) atoms. The third-order valence-electron chi connectivity index (χ3n) is 5.77. The van der Waals surface area contributed by atoms with Crippen molar-refractivity contribution in [2.75, 3.05) is 25.7 Å². The van der Waals surface area contributed by atoms with Gasteiger partial charge in [0.15, 0.2) is 6.29 Å². The number of hydrogen-bond donors (Lipinski definition) is 0. The van der Waals surface area contributed by atoms with Crippen LogP contribution in [0.5, 0.6) is 0 Å². The van der Waals surface area contributed by atoms with Crippen LogP contribution in [0.15, 0.2) is 48.5 Å². The second-order valence-electron chi connectivity index (χ2n) is 8.20. The van der Waals surface area contributed by atoms with Gasteiger partial charge in [-0.2, -0.15) is 0 Å². The highest BCUT2D eigenvalue weighted by atomic mass is 16.7. The quantitative estimate of drug-likeness (QED) is 0.240. The van der Waals surface area contributed by atoms with Crippen LogP contribution in [0.1, 0.15) is 42.1 Å². The molecule has 0 aliphatic carbocycles. The van der Waals surface area contributed by atoms with Crippen molar-refractivity contribution < 1.29 is 28.8 Å². The van der Waals surface area contributed by atoms with Crippen LogP contribution in [0, 0.1) is 10.1 Å². The minimum atomic E-state index is -1.08. The molecule has 1 aliphatic heterocycles. The molecule has 1 saturated heterocycles. The van der Waals surface area contributed by atoms with Gasteiger partial charge < -0.3 is 14.4 Å². The van der Waals surface area contributed by atoms with Gasteiger partial charge in [0.05, 0.1) is 23.6 Å². The zero-order valence-electron chi connectivity index (χ0n) is 19.5. The highest BCUT2D eigenvalue weighted by Gasteiger charge is 2.45. The molecule has 2 aromatic rings. The van der Waals surface area contributed by atoms with Crippen LogP contribution in [-0.2, 0) is 19.1 Å². The van der Waals surface area contributed by atoms with E-state index in [1.165, 1.54) is 43.4 Å². The molecule has 1 heterocycles. The average Bonchev–Trinajstić information content (AvgIpc) is 3.13. The first-order chi connectivity index (χ1) is 16.2. The fraction of sp³-hybridized carbons (Fsp3) is 0.375. The molecule has 2 aromatic carbocycles. The largest absolute Gasteiger partial charge is 0.354 e. The Morgan fingerprint density at radius 1 is 1.09 bits per heavy atom. The summed E-state index contributed by atoms with van der Waals surface area (Å²) in [5.41, 5.74) is 1.46. The zero-order chi connectivity index (χ0) is 25.0. The third kappa shape index (κ3) is 5.13. The molecule has 1 fully saturated rings. The summed E-state index contributed by atoms with van der Waals surface area (Å²) in [7, 11) is 2.79. The van der Waals surface area contributed by atoms with E-state index in [1.807, 2.05) is 26.0 Å². The van der Waals surface area contributed by atoms with Crippen molar-refractivity contribution in [2.45, 2.75) is 38.5 Å². The third-order valence-corrected chi connectivity index (χ3v) is 5.77. The van der Waals surface area contributed by atoms with Gasteiger partial charge in [-0.05, 0) is 35.7 Å². The van der Waals surface area contributed by atoms with Crippen LogP contribution in [-0.4, -0.2) is 60.6 Å². The Morgan fingerprint density at radius 2 is 1.68 bits per heavy atom. The Hall–Kier alpha value is -3.63. The van der Waals surface area contributed by atoms with Crippen molar-refractivity contribution in [1.82, 2.24) is 4.90 Å². The fourth-order valence-corrected chi connectivity index (χ4v) is 3.79. The van der Waals surface area contributed by atoms with Crippen molar-refractivity contribution in [3.63, 3.8) is 0 Å². The summed E-state index contributed by atoms with van der Waals surface area (Å²) in [6, 6.07) is 11.1. The van der Waals surface area contributed by atoms with Gasteiger partial charge in [0, 0.05) is 31.9 Å². The lowest BCUT2D eigenvalue weighted by Crippen LogP contribution is -2.49. The summed E-state index contributed by atoms with van der Waals surface area (Å²) < 4.78 is 10.4. The number of hydrogen-bond acceptors (Lipinski definition) is 7. The molecule has 10 nitrogen and oxygen atoms in total. The Bertz CT molecular complexity index is 1060. The first kappa shape index (κ1) is 25.0. The maximum absolute atomic E-state index is 13.4. The maximum atomic E-state index is 13.4. The van der Waals surface area contributed by atoms with Crippen LogP contribution in [0.4, 0.5) is 11.4 Å². The highest BCUT2D eigenvalue weighted by Crippen LogP contribution is 2.28. The van der Waals surface area contributed by atoms with Gasteiger partial charge in [-0.3, -0.25) is 24.5 Å². The predicted molar refractivity (Wildman–Crippen MR) is 123 cm³/mol. The summed E-state index contributed by atoms with van der Waals surface area (Å²) in [5, 5.41) is 10.9. The van der Waals surface area contributed by atoms with E-state index in [0.29, 0.717) is 11.6 Å². The lowest BCUT2D eigenvalue weighted by molar-refractivity contribution is -0.384. The van der Waals surface area contributed by atoms with Gasteiger partial charge in [-0.1, -0.05) is 26.0 Å². The van der Waals surface area contributed by atoms with E-state index in [2.05, 4.69) is 0 Å². The van der Waals surface area contributed by atoms with Gasteiger partial charge in [-0.25, -0.2) is 4.90 Å². The fourth-order valence-electron chi connectivity index (χ4n) is 3.79.